The van der Waals surface area contributed by atoms with Crippen molar-refractivity contribution in [3.63, 3.8) is 0 Å². The second kappa shape index (κ2) is 13.9. The maximum Gasteiger partial charge on any atom is 0.410 e. The number of benzene rings is 3. The third-order valence-electron chi connectivity index (χ3n) is 9.35. The minimum absolute atomic E-state index is 0.00171. The third kappa shape index (κ3) is 7.78. The van der Waals surface area contributed by atoms with Crippen LogP contribution in [0.1, 0.15) is 76.5 Å². The maximum absolute atomic E-state index is 13.9. The van der Waals surface area contributed by atoms with Crippen molar-refractivity contribution in [3.05, 3.63) is 83.9 Å². The van der Waals surface area contributed by atoms with E-state index in [-0.39, 0.29) is 47.9 Å². The molecule has 0 spiro atoms. The van der Waals surface area contributed by atoms with Crippen LogP contribution in [0.3, 0.4) is 0 Å². The highest BCUT2D eigenvalue weighted by atomic mass is 16.6. The fraction of sp³-hybridized carbons (Fsp3) is 0.486. The summed E-state index contributed by atoms with van der Waals surface area (Å²) in [4.78, 5) is 43.2. The summed E-state index contributed by atoms with van der Waals surface area (Å²) in [5.41, 5.74) is 1.56. The van der Waals surface area contributed by atoms with Crippen molar-refractivity contribution in [1.82, 2.24) is 15.1 Å². The quantitative estimate of drug-likeness (QED) is 0.283. The van der Waals surface area contributed by atoms with Crippen LogP contribution in [0, 0.1) is 11.8 Å². The van der Waals surface area contributed by atoms with Crippen LogP contribution in [0.5, 0.6) is 0 Å². The van der Waals surface area contributed by atoms with Crippen molar-refractivity contribution in [3.8, 4) is 0 Å². The predicted octanol–water partition coefficient (Wildman–Crippen LogP) is 7.29. The van der Waals surface area contributed by atoms with Crippen molar-refractivity contribution in [2.75, 3.05) is 26.7 Å². The number of ether oxygens (including phenoxy) is 2. The van der Waals surface area contributed by atoms with E-state index in [1.807, 2.05) is 67.0 Å². The molecule has 3 atom stereocenters. The first-order chi connectivity index (χ1) is 21.5. The summed E-state index contributed by atoms with van der Waals surface area (Å²) in [5, 5.41) is 5.47. The summed E-state index contributed by atoms with van der Waals surface area (Å²) in [6.45, 7) is 9.24. The maximum atomic E-state index is 13.9. The SMILES string of the molecule is COC(=O)[C@H]1CC[C@H](NC(=O)N2C[C@H](CN(C(=O)OC(C)(C)C)[C@H](C)c3cccc4ccccc34)[C@@H](c3ccccc3)C2)CC1. The van der Waals surface area contributed by atoms with Gasteiger partial charge in [0.1, 0.15) is 5.60 Å². The second-order valence-corrected chi connectivity index (χ2v) is 13.6. The fourth-order valence-electron chi connectivity index (χ4n) is 6.95. The van der Waals surface area contributed by atoms with E-state index in [9.17, 15) is 14.4 Å². The number of hydrogen-bond donors (Lipinski definition) is 1. The lowest BCUT2D eigenvalue weighted by Gasteiger charge is -2.35. The lowest BCUT2D eigenvalue weighted by Crippen LogP contribution is -2.46. The van der Waals surface area contributed by atoms with Crippen LogP contribution < -0.4 is 5.32 Å². The van der Waals surface area contributed by atoms with Crippen LogP contribution in [0.15, 0.2) is 72.8 Å². The van der Waals surface area contributed by atoms with E-state index in [0.29, 0.717) is 32.5 Å². The molecule has 3 amide bonds. The molecule has 3 aromatic carbocycles. The molecule has 240 valence electrons. The van der Waals surface area contributed by atoms with Gasteiger partial charge >= 0.3 is 18.1 Å². The molecule has 0 unspecified atom stereocenters. The molecule has 3 aromatic rings. The molecule has 2 fully saturated rings. The Morgan fingerprint density at radius 3 is 2.27 bits per heavy atom. The molecule has 2 aliphatic rings. The Morgan fingerprint density at radius 2 is 1.58 bits per heavy atom. The van der Waals surface area contributed by atoms with Gasteiger partial charge in [0.15, 0.2) is 0 Å². The molecule has 45 heavy (non-hydrogen) atoms. The zero-order valence-corrected chi connectivity index (χ0v) is 27.2. The summed E-state index contributed by atoms with van der Waals surface area (Å²) in [5.74, 6) is -0.209. The monoisotopic (exact) mass is 613 g/mol. The highest BCUT2D eigenvalue weighted by Gasteiger charge is 2.40. The number of nitrogens with one attached hydrogen (secondary N) is 1. The smallest absolute Gasteiger partial charge is 0.410 e. The first kappa shape index (κ1) is 32.3. The van der Waals surface area contributed by atoms with Crippen molar-refractivity contribution >= 4 is 28.9 Å². The van der Waals surface area contributed by atoms with Crippen LogP contribution in [0.25, 0.3) is 10.8 Å². The largest absolute Gasteiger partial charge is 0.469 e. The van der Waals surface area contributed by atoms with Gasteiger partial charge < -0.3 is 24.6 Å². The number of carbonyl (C=O) groups is 3. The Hall–Kier alpha value is -4.07. The molecule has 0 radical (unpaired) electrons. The van der Waals surface area contributed by atoms with Crippen LogP contribution in [0.2, 0.25) is 0 Å². The van der Waals surface area contributed by atoms with Crippen LogP contribution in [0.4, 0.5) is 9.59 Å². The van der Waals surface area contributed by atoms with E-state index in [4.69, 9.17) is 9.47 Å². The Balaban J connectivity index is 1.38. The number of methoxy groups -OCH3 is 1. The highest BCUT2D eigenvalue weighted by molar-refractivity contribution is 5.86. The summed E-state index contributed by atoms with van der Waals surface area (Å²) < 4.78 is 10.9. The van der Waals surface area contributed by atoms with Crippen molar-refractivity contribution in [2.24, 2.45) is 11.8 Å². The number of fused-ring (bicyclic) bond motifs is 1. The van der Waals surface area contributed by atoms with E-state index in [1.54, 1.807) is 0 Å². The first-order valence-electron chi connectivity index (χ1n) is 16.2. The molecular formula is C37H47N3O5. The number of hydrogen-bond acceptors (Lipinski definition) is 5. The summed E-state index contributed by atoms with van der Waals surface area (Å²) in [6.07, 6.45) is 2.56. The van der Waals surface area contributed by atoms with E-state index in [1.165, 1.54) is 7.11 Å². The minimum atomic E-state index is -0.652. The molecule has 1 saturated carbocycles. The van der Waals surface area contributed by atoms with Gasteiger partial charge in [-0.1, -0.05) is 72.8 Å². The lowest BCUT2D eigenvalue weighted by molar-refractivity contribution is -0.146. The third-order valence-corrected chi connectivity index (χ3v) is 9.35. The zero-order valence-electron chi connectivity index (χ0n) is 27.2. The Bertz CT molecular complexity index is 1470. The van der Waals surface area contributed by atoms with Crippen molar-refractivity contribution in [2.45, 2.75) is 77.0 Å². The van der Waals surface area contributed by atoms with Gasteiger partial charge in [-0.25, -0.2) is 9.59 Å². The molecular weight excluding hydrogens is 566 g/mol. The molecule has 5 rings (SSSR count). The lowest BCUT2D eigenvalue weighted by atomic mass is 9.86. The standard InChI is InChI=1S/C37H47N3O5/c1-25(31-17-11-15-26-14-9-10-16-32(26)31)40(36(43)45-37(2,3)4)23-29-22-39(24-33(29)27-12-7-6-8-13-27)35(42)38-30-20-18-28(19-21-30)34(41)44-5/h6-17,25,28-30,33H,18-24H2,1-5H3,(H,38,42)/t25-,28-,29-,30-,33-/m1/s1. The number of carbonyl (C=O) groups excluding carboxylic acids is 3. The number of likely N-dealkylation sites (tertiary alicyclic amines) is 1. The van der Waals surface area contributed by atoms with Gasteiger partial charge in [-0.3, -0.25) is 4.79 Å². The highest BCUT2D eigenvalue weighted by Crippen LogP contribution is 2.37. The van der Waals surface area contributed by atoms with Gasteiger partial charge in [-0.2, -0.15) is 0 Å². The van der Waals surface area contributed by atoms with Crippen LogP contribution in [-0.2, 0) is 14.3 Å². The number of amides is 3. The topological polar surface area (TPSA) is 88.2 Å². The summed E-state index contributed by atoms with van der Waals surface area (Å²) in [7, 11) is 1.43. The molecule has 0 aromatic heterocycles. The molecule has 1 aliphatic heterocycles. The first-order valence-corrected chi connectivity index (χ1v) is 16.2. The fourth-order valence-corrected chi connectivity index (χ4v) is 6.95. The summed E-state index contributed by atoms with van der Waals surface area (Å²) >= 11 is 0. The van der Waals surface area contributed by atoms with E-state index in [0.717, 1.165) is 34.7 Å². The van der Waals surface area contributed by atoms with E-state index >= 15 is 0 Å². The van der Waals surface area contributed by atoms with Crippen molar-refractivity contribution in [1.29, 1.82) is 0 Å². The van der Waals surface area contributed by atoms with Gasteiger partial charge in [-0.15, -0.1) is 0 Å². The number of urea groups is 1. The predicted molar refractivity (Wildman–Crippen MR) is 176 cm³/mol. The average molecular weight is 614 g/mol. The van der Waals surface area contributed by atoms with Gasteiger partial charge in [0, 0.05) is 37.5 Å². The van der Waals surface area contributed by atoms with Crippen LogP contribution >= 0.6 is 0 Å². The second-order valence-electron chi connectivity index (χ2n) is 13.6. The number of rotatable bonds is 7. The molecule has 1 N–H and O–H groups in total. The van der Waals surface area contributed by atoms with Gasteiger partial charge in [-0.05, 0) is 75.3 Å². The molecule has 1 saturated heterocycles. The molecule has 0 bridgehead atoms. The van der Waals surface area contributed by atoms with E-state index < -0.39 is 5.60 Å². The average Bonchev–Trinajstić information content (AvgIpc) is 3.47. The zero-order chi connectivity index (χ0) is 32.1. The minimum Gasteiger partial charge on any atom is -0.469 e. The molecule has 1 aliphatic carbocycles. The molecule has 1 heterocycles. The van der Waals surface area contributed by atoms with Crippen molar-refractivity contribution < 1.29 is 23.9 Å². The number of esters is 1. The van der Waals surface area contributed by atoms with Gasteiger partial charge in [0.25, 0.3) is 0 Å². The normalized spacial score (nSPS) is 22.5. The Morgan fingerprint density at radius 1 is 0.911 bits per heavy atom. The summed E-state index contributed by atoms with van der Waals surface area (Å²) in [6, 6.07) is 24.4. The number of nitrogens with zero attached hydrogens (tertiary/aromatic N) is 2. The molecule has 8 heteroatoms. The Labute approximate surface area is 267 Å². The van der Waals surface area contributed by atoms with Gasteiger partial charge in [0.05, 0.1) is 19.1 Å². The van der Waals surface area contributed by atoms with Gasteiger partial charge in [0.2, 0.25) is 0 Å². The van der Waals surface area contributed by atoms with E-state index in [2.05, 4.69) is 48.6 Å². The van der Waals surface area contributed by atoms with Crippen LogP contribution in [-0.4, -0.2) is 66.3 Å². The Kier molecular flexibility index (Phi) is 10.0. The molecule has 8 nitrogen and oxygen atoms in total.